The Kier molecular flexibility index (Phi) is 4.74. The summed E-state index contributed by atoms with van der Waals surface area (Å²) in [4.78, 5) is 11.1. The second kappa shape index (κ2) is 6.52. The number of carboxylic acid groups (broad SMARTS) is 1. The van der Waals surface area contributed by atoms with Crippen LogP contribution < -0.4 is 10.6 Å². The molecule has 0 saturated heterocycles. The summed E-state index contributed by atoms with van der Waals surface area (Å²) in [5, 5.41) is 15.8. The molecule has 19 heavy (non-hydrogen) atoms. The Balaban J connectivity index is 1.96. The first-order valence-corrected chi connectivity index (χ1v) is 6.97. The Hall–Kier alpha value is -1.62. The van der Waals surface area contributed by atoms with Gasteiger partial charge in [-0.3, -0.25) is 0 Å². The Morgan fingerprint density at radius 3 is 2.58 bits per heavy atom. The maximum atomic E-state index is 11.1. The van der Waals surface area contributed by atoms with E-state index < -0.39 is 5.97 Å². The van der Waals surface area contributed by atoms with Gasteiger partial charge >= 0.3 is 5.97 Å². The SMILES string of the molecule is O=C(O)c1ccccc1NC(=S)NC1CCCCC1. The average molecular weight is 278 g/mol. The van der Waals surface area contributed by atoms with Crippen molar-refractivity contribution in [1.82, 2.24) is 5.32 Å². The number of hydrogen-bond donors (Lipinski definition) is 3. The van der Waals surface area contributed by atoms with E-state index in [0.717, 1.165) is 12.8 Å². The molecule has 0 heterocycles. The second-order valence-corrected chi connectivity index (χ2v) is 5.19. The highest BCUT2D eigenvalue weighted by Crippen LogP contribution is 2.18. The van der Waals surface area contributed by atoms with Gasteiger partial charge in [0.15, 0.2) is 5.11 Å². The fourth-order valence-corrected chi connectivity index (χ4v) is 2.65. The maximum absolute atomic E-state index is 11.1. The van der Waals surface area contributed by atoms with E-state index in [-0.39, 0.29) is 5.56 Å². The van der Waals surface area contributed by atoms with Gasteiger partial charge in [-0.2, -0.15) is 0 Å². The summed E-state index contributed by atoms with van der Waals surface area (Å²) in [6.07, 6.45) is 6.00. The number of anilines is 1. The zero-order valence-electron chi connectivity index (χ0n) is 10.7. The van der Waals surface area contributed by atoms with Crippen molar-refractivity contribution < 1.29 is 9.90 Å². The molecule has 4 nitrogen and oxygen atoms in total. The van der Waals surface area contributed by atoms with Gasteiger partial charge in [0.05, 0.1) is 11.3 Å². The molecule has 0 unspecified atom stereocenters. The van der Waals surface area contributed by atoms with Crippen molar-refractivity contribution in [1.29, 1.82) is 0 Å². The van der Waals surface area contributed by atoms with Crippen LogP contribution >= 0.6 is 12.2 Å². The number of rotatable bonds is 3. The number of para-hydroxylation sites is 1. The second-order valence-electron chi connectivity index (χ2n) is 4.78. The van der Waals surface area contributed by atoms with Crippen molar-refractivity contribution in [3.8, 4) is 0 Å². The first-order valence-electron chi connectivity index (χ1n) is 6.56. The van der Waals surface area contributed by atoms with E-state index in [4.69, 9.17) is 17.3 Å². The Bertz CT molecular complexity index is 470. The zero-order chi connectivity index (χ0) is 13.7. The van der Waals surface area contributed by atoms with Crippen LogP contribution in [0, 0.1) is 0 Å². The molecule has 0 bridgehead atoms. The van der Waals surface area contributed by atoms with Gasteiger partial charge in [0, 0.05) is 6.04 Å². The number of carboxylic acids is 1. The lowest BCUT2D eigenvalue weighted by Gasteiger charge is -2.24. The topological polar surface area (TPSA) is 61.4 Å². The first-order chi connectivity index (χ1) is 9.16. The maximum Gasteiger partial charge on any atom is 0.337 e. The van der Waals surface area contributed by atoms with E-state index in [0.29, 0.717) is 16.8 Å². The van der Waals surface area contributed by atoms with E-state index in [1.54, 1.807) is 24.3 Å². The molecule has 1 fully saturated rings. The summed E-state index contributed by atoms with van der Waals surface area (Å²) >= 11 is 5.25. The Morgan fingerprint density at radius 2 is 1.89 bits per heavy atom. The minimum Gasteiger partial charge on any atom is -0.478 e. The summed E-state index contributed by atoms with van der Waals surface area (Å²) in [5.41, 5.74) is 0.763. The average Bonchev–Trinajstić information content (AvgIpc) is 2.40. The Morgan fingerprint density at radius 1 is 1.21 bits per heavy atom. The highest BCUT2D eigenvalue weighted by Gasteiger charge is 2.15. The van der Waals surface area contributed by atoms with Crippen molar-refractivity contribution in [2.24, 2.45) is 0 Å². The lowest BCUT2D eigenvalue weighted by molar-refractivity contribution is 0.0698. The molecular weight excluding hydrogens is 260 g/mol. The quantitative estimate of drug-likeness (QED) is 0.742. The van der Waals surface area contributed by atoms with Gasteiger partial charge in [-0.25, -0.2) is 4.79 Å². The summed E-state index contributed by atoms with van der Waals surface area (Å²) in [6.45, 7) is 0. The van der Waals surface area contributed by atoms with Crippen LogP contribution in [-0.2, 0) is 0 Å². The third kappa shape index (κ3) is 3.92. The van der Waals surface area contributed by atoms with Crippen molar-refractivity contribution in [3.05, 3.63) is 29.8 Å². The van der Waals surface area contributed by atoms with E-state index in [1.165, 1.54) is 19.3 Å². The minimum atomic E-state index is -0.955. The van der Waals surface area contributed by atoms with Crippen LogP contribution in [0.3, 0.4) is 0 Å². The van der Waals surface area contributed by atoms with Gasteiger partial charge in [0.1, 0.15) is 0 Å². The molecule has 2 rings (SSSR count). The molecule has 1 aromatic carbocycles. The van der Waals surface area contributed by atoms with Gasteiger partial charge in [0.2, 0.25) is 0 Å². The van der Waals surface area contributed by atoms with E-state index >= 15 is 0 Å². The molecule has 1 saturated carbocycles. The fraction of sp³-hybridized carbons (Fsp3) is 0.429. The number of hydrogen-bond acceptors (Lipinski definition) is 2. The van der Waals surface area contributed by atoms with Crippen molar-refractivity contribution in [3.63, 3.8) is 0 Å². The van der Waals surface area contributed by atoms with Crippen LogP contribution in [-0.4, -0.2) is 22.2 Å². The lowest BCUT2D eigenvalue weighted by atomic mass is 9.96. The smallest absolute Gasteiger partial charge is 0.337 e. The molecule has 0 spiro atoms. The van der Waals surface area contributed by atoms with Crippen molar-refractivity contribution in [2.75, 3.05) is 5.32 Å². The van der Waals surface area contributed by atoms with Crippen molar-refractivity contribution in [2.45, 2.75) is 38.1 Å². The van der Waals surface area contributed by atoms with Gasteiger partial charge in [-0.1, -0.05) is 31.4 Å². The number of aromatic carboxylic acids is 1. The monoisotopic (exact) mass is 278 g/mol. The molecule has 1 aromatic rings. The van der Waals surface area contributed by atoms with E-state index in [9.17, 15) is 4.79 Å². The molecule has 3 N–H and O–H groups in total. The summed E-state index contributed by atoms with van der Waals surface area (Å²) in [5.74, 6) is -0.955. The molecule has 0 aromatic heterocycles. The van der Waals surface area contributed by atoms with Gasteiger partial charge in [-0.15, -0.1) is 0 Å². The summed E-state index contributed by atoms with van der Waals surface area (Å²) in [6, 6.07) is 7.18. The van der Waals surface area contributed by atoms with Crippen LogP contribution in [0.2, 0.25) is 0 Å². The van der Waals surface area contributed by atoms with E-state index in [2.05, 4.69) is 10.6 Å². The molecule has 1 aliphatic carbocycles. The predicted molar refractivity (Wildman–Crippen MR) is 79.6 cm³/mol. The predicted octanol–water partition coefficient (Wildman–Crippen LogP) is 3.00. The summed E-state index contributed by atoms with van der Waals surface area (Å²) < 4.78 is 0. The molecule has 0 radical (unpaired) electrons. The molecule has 0 aliphatic heterocycles. The highest BCUT2D eigenvalue weighted by atomic mass is 32.1. The number of carbonyl (C=O) groups is 1. The van der Waals surface area contributed by atoms with Gasteiger partial charge in [0.25, 0.3) is 0 Å². The number of thiocarbonyl (C=S) groups is 1. The molecule has 1 aliphatic rings. The molecule has 102 valence electrons. The van der Waals surface area contributed by atoms with Crippen LogP contribution in [0.15, 0.2) is 24.3 Å². The van der Waals surface area contributed by atoms with Gasteiger partial charge in [-0.05, 0) is 37.2 Å². The number of benzene rings is 1. The third-order valence-electron chi connectivity index (χ3n) is 3.35. The van der Waals surface area contributed by atoms with Crippen LogP contribution in [0.5, 0.6) is 0 Å². The first kappa shape index (κ1) is 13.8. The van der Waals surface area contributed by atoms with Crippen molar-refractivity contribution >= 4 is 29.0 Å². The fourth-order valence-electron chi connectivity index (χ4n) is 2.37. The van der Waals surface area contributed by atoms with Crippen LogP contribution in [0.4, 0.5) is 5.69 Å². The van der Waals surface area contributed by atoms with Crippen LogP contribution in [0.1, 0.15) is 42.5 Å². The molecule has 0 atom stereocenters. The third-order valence-corrected chi connectivity index (χ3v) is 3.57. The van der Waals surface area contributed by atoms with Gasteiger partial charge < -0.3 is 15.7 Å². The normalized spacial score (nSPS) is 15.8. The highest BCUT2D eigenvalue weighted by molar-refractivity contribution is 7.80. The summed E-state index contributed by atoms with van der Waals surface area (Å²) in [7, 11) is 0. The molecular formula is C14H18N2O2S. The Labute approximate surface area is 118 Å². The molecule has 5 heteroatoms. The number of nitrogens with one attached hydrogen (secondary N) is 2. The standard InChI is InChI=1S/C14H18N2O2S/c17-13(18)11-8-4-5-9-12(11)16-14(19)15-10-6-2-1-3-7-10/h4-5,8-10H,1-3,6-7H2,(H,17,18)(H2,15,16,19). The largest absolute Gasteiger partial charge is 0.478 e. The zero-order valence-corrected chi connectivity index (χ0v) is 11.5. The van der Waals surface area contributed by atoms with E-state index in [1.807, 2.05) is 0 Å². The van der Waals surface area contributed by atoms with Crippen LogP contribution in [0.25, 0.3) is 0 Å². The molecule has 0 amide bonds. The minimum absolute atomic E-state index is 0.232. The lowest BCUT2D eigenvalue weighted by Crippen LogP contribution is -2.39.